The standard InChI is InChI=1S/C20H17FN6O3.C20H16FN5O4.CH4/c1-30-16-7-4-12(21)8-14(16)20(29)25-10-11-2-5-13(6-3-11)27-18(19(24)28)17(23)15(9-22)26-27;1-30-16-7-4-12(21)8-14(16)19(27)24-10-11-2-5-13(6-3-11)26-18(20(28)29)17(23)15(9-22)25-26;/h2-8H,10,23H2,1H3,(H2,24,28)(H,25,29);2-8H,10,23H2,1H3,(H,24,27)(H,28,29);1H4. The topological polar surface area (TPSA) is 292 Å². The normalized spacial score (nSPS) is 10.1. The van der Waals surface area contributed by atoms with E-state index in [0.717, 1.165) is 22.4 Å². The molecule has 61 heavy (non-hydrogen) atoms. The molecule has 0 saturated heterocycles. The van der Waals surface area contributed by atoms with Crippen LogP contribution in [0.4, 0.5) is 20.2 Å². The highest BCUT2D eigenvalue weighted by Crippen LogP contribution is 2.24. The molecule has 0 aliphatic heterocycles. The van der Waals surface area contributed by atoms with Crippen LogP contribution in [0.15, 0.2) is 84.9 Å². The predicted molar refractivity (Wildman–Crippen MR) is 216 cm³/mol. The number of halogens is 2. The summed E-state index contributed by atoms with van der Waals surface area (Å²) >= 11 is 0. The zero-order chi connectivity index (χ0) is 43.7. The van der Waals surface area contributed by atoms with Crippen LogP contribution in [-0.4, -0.2) is 62.6 Å². The van der Waals surface area contributed by atoms with Crippen LogP contribution in [0.25, 0.3) is 11.4 Å². The number of carbonyl (C=O) groups is 4. The molecular formula is C41H37F2N11O7. The Kier molecular flexibility index (Phi) is 14.4. The van der Waals surface area contributed by atoms with Crippen LogP contribution >= 0.6 is 0 Å². The van der Waals surface area contributed by atoms with Crippen LogP contribution < -0.4 is 37.3 Å². The van der Waals surface area contributed by atoms with E-state index in [4.69, 9.17) is 37.2 Å². The van der Waals surface area contributed by atoms with E-state index in [9.17, 15) is 33.1 Å². The van der Waals surface area contributed by atoms with Gasteiger partial charge >= 0.3 is 5.97 Å². The molecule has 312 valence electrons. The maximum Gasteiger partial charge on any atom is 0.356 e. The molecule has 9 N–H and O–H groups in total. The van der Waals surface area contributed by atoms with Gasteiger partial charge < -0.3 is 42.4 Å². The van der Waals surface area contributed by atoms with Gasteiger partial charge in [-0.15, -0.1) is 0 Å². The summed E-state index contributed by atoms with van der Waals surface area (Å²) < 4.78 is 39.3. The Morgan fingerprint density at radius 2 is 1.07 bits per heavy atom. The number of ether oxygens (including phenoxy) is 2. The summed E-state index contributed by atoms with van der Waals surface area (Å²) in [6.45, 7) is 0.293. The number of carbonyl (C=O) groups excluding carboxylic acids is 3. The van der Waals surface area contributed by atoms with E-state index in [1.165, 1.54) is 43.2 Å². The number of hydrogen-bond donors (Lipinski definition) is 6. The highest BCUT2D eigenvalue weighted by molar-refractivity contribution is 5.98. The number of nitrogens with two attached hydrogens (primary N) is 3. The van der Waals surface area contributed by atoms with Gasteiger partial charge in [0.15, 0.2) is 22.8 Å². The smallest absolute Gasteiger partial charge is 0.356 e. The summed E-state index contributed by atoms with van der Waals surface area (Å²) in [6.07, 6.45) is 0. The van der Waals surface area contributed by atoms with E-state index < -0.39 is 35.3 Å². The molecule has 6 aromatic rings. The van der Waals surface area contributed by atoms with Gasteiger partial charge in [0.2, 0.25) is 0 Å². The summed E-state index contributed by atoms with van der Waals surface area (Å²) in [7, 11) is 2.77. The molecule has 0 radical (unpaired) electrons. The van der Waals surface area contributed by atoms with Crippen molar-refractivity contribution < 1.29 is 42.5 Å². The van der Waals surface area contributed by atoms with Gasteiger partial charge in [0.05, 0.1) is 36.7 Å². The molecule has 0 spiro atoms. The second-order valence-electron chi connectivity index (χ2n) is 12.3. The Hall–Kier alpha value is -8.78. The van der Waals surface area contributed by atoms with E-state index in [1.54, 1.807) is 60.7 Å². The van der Waals surface area contributed by atoms with Crippen molar-refractivity contribution in [3.05, 3.63) is 142 Å². The van der Waals surface area contributed by atoms with E-state index in [2.05, 4.69) is 20.8 Å². The van der Waals surface area contributed by atoms with E-state index in [-0.39, 0.29) is 77.3 Å². The third-order valence-corrected chi connectivity index (χ3v) is 8.57. The number of primary amides is 1. The van der Waals surface area contributed by atoms with E-state index >= 15 is 0 Å². The summed E-state index contributed by atoms with van der Waals surface area (Å²) in [5.74, 6) is -3.75. The molecule has 6 rings (SSSR count). The van der Waals surface area contributed by atoms with Crippen molar-refractivity contribution in [3.63, 3.8) is 0 Å². The lowest BCUT2D eigenvalue weighted by Gasteiger charge is -2.10. The van der Waals surface area contributed by atoms with Crippen molar-refractivity contribution in [2.75, 3.05) is 25.7 Å². The van der Waals surface area contributed by atoms with Crippen molar-refractivity contribution >= 4 is 35.1 Å². The highest BCUT2D eigenvalue weighted by Gasteiger charge is 2.23. The largest absolute Gasteiger partial charge is 0.496 e. The molecular weight excluding hydrogens is 797 g/mol. The van der Waals surface area contributed by atoms with Gasteiger partial charge in [0, 0.05) is 13.1 Å². The van der Waals surface area contributed by atoms with Crippen molar-refractivity contribution in [2.45, 2.75) is 20.5 Å². The molecule has 3 amide bonds. The summed E-state index contributed by atoms with van der Waals surface area (Å²) in [4.78, 5) is 47.9. The molecule has 0 aliphatic carbocycles. The molecule has 18 nitrogen and oxygen atoms in total. The lowest BCUT2D eigenvalue weighted by molar-refractivity contribution is 0.0687. The number of methoxy groups -OCH3 is 2. The number of aromatic carboxylic acids is 1. The lowest BCUT2D eigenvalue weighted by atomic mass is 10.1. The quantitative estimate of drug-likeness (QED) is 0.101. The van der Waals surface area contributed by atoms with Crippen LogP contribution in [0.1, 0.15) is 71.6 Å². The number of aromatic nitrogens is 4. The maximum absolute atomic E-state index is 13.5. The van der Waals surface area contributed by atoms with Gasteiger partial charge in [-0.1, -0.05) is 31.7 Å². The average molecular weight is 834 g/mol. The molecule has 4 aromatic carbocycles. The second kappa shape index (κ2) is 19.6. The number of rotatable bonds is 12. The zero-order valence-electron chi connectivity index (χ0n) is 31.6. The fourth-order valence-electron chi connectivity index (χ4n) is 5.62. The van der Waals surface area contributed by atoms with Gasteiger partial charge in [0.25, 0.3) is 17.7 Å². The SMILES string of the molecule is C.COc1ccc(F)cc1C(=O)NCc1ccc(-n2nc(C#N)c(N)c2C(=O)O)cc1.COc1ccc(F)cc1C(=O)NCc1ccc(-n2nc(C#N)c(N)c2C(N)=O)cc1. The Balaban J connectivity index is 0.000000264. The number of nitriles is 2. The minimum absolute atomic E-state index is 0. The van der Waals surface area contributed by atoms with Gasteiger partial charge in [-0.25, -0.2) is 22.9 Å². The first-order valence-corrected chi connectivity index (χ1v) is 17.2. The Labute approximate surface area is 346 Å². The lowest BCUT2D eigenvalue weighted by Crippen LogP contribution is -2.23. The highest BCUT2D eigenvalue weighted by atomic mass is 19.1. The molecule has 20 heteroatoms. The van der Waals surface area contributed by atoms with Crippen LogP contribution in [0, 0.1) is 34.3 Å². The van der Waals surface area contributed by atoms with Crippen molar-refractivity contribution in [3.8, 4) is 35.0 Å². The van der Waals surface area contributed by atoms with Crippen LogP contribution in [0.3, 0.4) is 0 Å². The number of hydrogen-bond acceptors (Lipinski definition) is 12. The van der Waals surface area contributed by atoms with Crippen molar-refractivity contribution in [2.24, 2.45) is 5.73 Å². The van der Waals surface area contributed by atoms with Gasteiger partial charge in [-0.3, -0.25) is 14.4 Å². The monoisotopic (exact) mass is 833 g/mol. The van der Waals surface area contributed by atoms with Gasteiger partial charge in [-0.2, -0.15) is 20.7 Å². The molecule has 0 atom stereocenters. The Morgan fingerprint density at radius 1 is 0.689 bits per heavy atom. The number of carboxylic acids is 1. The zero-order valence-corrected chi connectivity index (χ0v) is 31.6. The first kappa shape index (κ1) is 44.9. The number of nitrogens with zero attached hydrogens (tertiary/aromatic N) is 6. The van der Waals surface area contributed by atoms with E-state index in [1.807, 2.05) is 0 Å². The first-order chi connectivity index (χ1) is 28.7. The number of carboxylic acid groups (broad SMARTS) is 1. The number of benzene rings is 4. The fraction of sp³-hybridized carbons (Fsp3) is 0.122. The third kappa shape index (κ3) is 10.0. The Morgan fingerprint density at radius 3 is 1.41 bits per heavy atom. The average Bonchev–Trinajstić information content (AvgIpc) is 3.78. The third-order valence-electron chi connectivity index (χ3n) is 8.57. The van der Waals surface area contributed by atoms with Crippen molar-refractivity contribution in [1.82, 2.24) is 30.2 Å². The van der Waals surface area contributed by atoms with Gasteiger partial charge in [0.1, 0.15) is 46.6 Å². The molecule has 0 saturated carbocycles. The molecule has 0 aliphatic rings. The van der Waals surface area contributed by atoms with Gasteiger partial charge in [-0.05, 0) is 71.8 Å². The second-order valence-corrected chi connectivity index (χ2v) is 12.3. The minimum atomic E-state index is -1.32. The molecule has 0 bridgehead atoms. The summed E-state index contributed by atoms with van der Waals surface area (Å²) in [6, 6.07) is 23.9. The summed E-state index contributed by atoms with van der Waals surface area (Å²) in [5, 5.41) is 40.7. The maximum atomic E-state index is 13.5. The van der Waals surface area contributed by atoms with Crippen LogP contribution in [0.2, 0.25) is 0 Å². The molecule has 2 aromatic heterocycles. The molecule has 0 unspecified atom stereocenters. The Bertz CT molecular complexity index is 2520. The number of anilines is 2. The predicted octanol–water partition coefficient (Wildman–Crippen LogP) is 4.24. The molecule has 2 heterocycles. The van der Waals surface area contributed by atoms with Crippen molar-refractivity contribution in [1.29, 1.82) is 10.5 Å². The first-order valence-electron chi connectivity index (χ1n) is 17.2. The minimum Gasteiger partial charge on any atom is -0.496 e. The number of nitrogen functional groups attached to an aromatic ring is 2. The van der Waals surface area contributed by atoms with E-state index in [0.29, 0.717) is 16.9 Å². The number of amides is 3. The fourth-order valence-corrected chi connectivity index (χ4v) is 5.62. The van der Waals surface area contributed by atoms with Crippen LogP contribution in [-0.2, 0) is 13.1 Å². The molecule has 0 fully saturated rings. The number of nitrogens with one attached hydrogen (secondary N) is 2. The summed E-state index contributed by atoms with van der Waals surface area (Å²) in [5.41, 5.74) is 18.2. The van der Waals surface area contributed by atoms with Crippen LogP contribution in [0.5, 0.6) is 11.5 Å².